The average molecular weight is 487 g/mol. The Labute approximate surface area is 199 Å². The van der Waals surface area contributed by atoms with Crippen LogP contribution in [0.15, 0.2) is 52.9 Å². The first-order valence-electron chi connectivity index (χ1n) is 11.2. The Morgan fingerprint density at radius 2 is 1.77 bits per heavy atom. The highest BCUT2D eigenvalue weighted by molar-refractivity contribution is 5.94. The summed E-state index contributed by atoms with van der Waals surface area (Å²) in [5.41, 5.74) is 1.18. The number of nitrogens with zero attached hydrogens (tertiary/aromatic N) is 3. The van der Waals surface area contributed by atoms with E-state index in [0.29, 0.717) is 31.8 Å². The Balaban J connectivity index is 1.30. The van der Waals surface area contributed by atoms with E-state index in [0.717, 1.165) is 23.3 Å². The molecule has 0 unspecified atom stereocenters. The number of aryl methyl sites for hydroxylation is 1. The summed E-state index contributed by atoms with van der Waals surface area (Å²) in [7, 11) is 0. The van der Waals surface area contributed by atoms with Crippen molar-refractivity contribution in [1.82, 2.24) is 15.1 Å². The Kier molecular flexibility index (Phi) is 6.90. The number of esters is 1. The fourth-order valence-corrected chi connectivity index (χ4v) is 3.92. The van der Waals surface area contributed by atoms with Crippen LogP contribution >= 0.6 is 0 Å². The molecule has 2 aromatic carbocycles. The lowest BCUT2D eigenvalue weighted by atomic mass is 9.96. The van der Waals surface area contributed by atoms with Crippen molar-refractivity contribution in [2.24, 2.45) is 5.92 Å². The van der Waals surface area contributed by atoms with Gasteiger partial charge in [0.05, 0.1) is 11.5 Å². The Bertz CT molecular complexity index is 1200. The van der Waals surface area contributed by atoms with Crippen LogP contribution in [0.4, 0.5) is 13.2 Å². The minimum atomic E-state index is -4.46. The number of hydrogen-bond acceptors (Lipinski definition) is 6. The molecule has 1 aliphatic rings. The number of ether oxygens (including phenoxy) is 1. The molecule has 35 heavy (non-hydrogen) atoms. The first-order valence-corrected chi connectivity index (χ1v) is 11.2. The van der Waals surface area contributed by atoms with Gasteiger partial charge in [0.15, 0.2) is 6.10 Å². The molecule has 0 spiro atoms. The third-order valence-electron chi connectivity index (χ3n) is 5.92. The van der Waals surface area contributed by atoms with Crippen molar-refractivity contribution in [1.29, 1.82) is 0 Å². The molecule has 1 atom stereocenters. The number of halogens is 3. The van der Waals surface area contributed by atoms with Gasteiger partial charge in [-0.3, -0.25) is 9.59 Å². The van der Waals surface area contributed by atoms with Crippen molar-refractivity contribution in [3.63, 3.8) is 0 Å². The van der Waals surface area contributed by atoms with Crippen LogP contribution in [-0.4, -0.2) is 40.1 Å². The Morgan fingerprint density at radius 3 is 2.40 bits per heavy atom. The third kappa shape index (κ3) is 5.70. The van der Waals surface area contributed by atoms with Crippen molar-refractivity contribution >= 4 is 11.9 Å². The second kappa shape index (κ2) is 9.89. The fourth-order valence-electron chi connectivity index (χ4n) is 3.92. The molecule has 1 aliphatic heterocycles. The number of alkyl halides is 3. The van der Waals surface area contributed by atoms with Gasteiger partial charge in [-0.25, -0.2) is 0 Å². The summed E-state index contributed by atoms with van der Waals surface area (Å²) in [5, 5.41) is 8.02. The van der Waals surface area contributed by atoms with Crippen LogP contribution in [0.2, 0.25) is 0 Å². The van der Waals surface area contributed by atoms with Crippen molar-refractivity contribution < 1.29 is 31.9 Å². The lowest BCUT2D eigenvalue weighted by Crippen LogP contribution is -2.40. The molecule has 0 radical (unpaired) electrons. The molecule has 0 aliphatic carbocycles. The van der Waals surface area contributed by atoms with E-state index in [1.165, 1.54) is 17.0 Å². The molecule has 1 saturated heterocycles. The summed E-state index contributed by atoms with van der Waals surface area (Å²) in [6.07, 6.45) is -4.42. The molecule has 0 N–H and O–H groups in total. The van der Waals surface area contributed by atoms with Gasteiger partial charge in [0, 0.05) is 24.2 Å². The smallest absolute Gasteiger partial charge is 0.416 e. The van der Waals surface area contributed by atoms with E-state index in [9.17, 15) is 22.8 Å². The van der Waals surface area contributed by atoms with E-state index in [1.807, 2.05) is 31.2 Å². The highest BCUT2D eigenvalue weighted by Crippen LogP contribution is 2.30. The maximum atomic E-state index is 12.7. The van der Waals surface area contributed by atoms with Crippen molar-refractivity contribution in [3.05, 3.63) is 71.1 Å². The number of carbonyl (C=O) groups is 2. The topological polar surface area (TPSA) is 85.5 Å². The van der Waals surface area contributed by atoms with E-state index >= 15 is 0 Å². The SMILES string of the molecule is Cc1cccc(-c2nnc([C@H](C)OC(=O)C3CCN(C(=O)c4ccc(C(F)(F)F)cc4)CC3)o2)c1. The first-order chi connectivity index (χ1) is 16.6. The van der Waals surface area contributed by atoms with E-state index in [4.69, 9.17) is 9.15 Å². The zero-order valence-electron chi connectivity index (χ0n) is 19.2. The standard InChI is InChI=1S/C25H24F3N3O4/c1-15-4-3-5-19(14-15)22-30-29-21(35-22)16(2)34-24(33)18-10-12-31(13-11-18)23(32)17-6-8-20(9-7-17)25(26,27)28/h3-9,14,16,18H,10-13H2,1-2H3/t16-/m0/s1. The van der Waals surface area contributed by atoms with Gasteiger partial charge in [0.1, 0.15) is 0 Å². The second-order valence-electron chi connectivity index (χ2n) is 8.54. The highest BCUT2D eigenvalue weighted by atomic mass is 19.4. The molecule has 184 valence electrons. The van der Waals surface area contributed by atoms with Crippen LogP contribution in [0, 0.1) is 12.8 Å². The summed E-state index contributed by atoms with van der Waals surface area (Å²) in [5.74, 6) is -0.678. The Hall–Kier alpha value is -3.69. The number of likely N-dealkylation sites (tertiary alicyclic amines) is 1. The van der Waals surface area contributed by atoms with Crippen LogP contribution in [0.1, 0.15) is 53.2 Å². The van der Waals surface area contributed by atoms with Crippen molar-refractivity contribution in [2.45, 2.75) is 39.0 Å². The number of amides is 1. The normalized spacial score (nSPS) is 15.6. The third-order valence-corrected chi connectivity index (χ3v) is 5.92. The van der Waals surface area contributed by atoms with Crippen molar-refractivity contribution in [2.75, 3.05) is 13.1 Å². The van der Waals surface area contributed by atoms with Gasteiger partial charge in [-0.15, -0.1) is 10.2 Å². The molecule has 10 heteroatoms. The number of hydrogen-bond donors (Lipinski definition) is 0. The number of aromatic nitrogens is 2. The van der Waals surface area contributed by atoms with Gasteiger partial charge < -0.3 is 14.1 Å². The molecule has 1 amide bonds. The van der Waals surface area contributed by atoms with E-state index < -0.39 is 29.7 Å². The van der Waals surface area contributed by atoms with Gasteiger partial charge in [-0.1, -0.05) is 17.7 Å². The minimum Gasteiger partial charge on any atom is -0.452 e. The molecule has 4 rings (SSSR count). The van der Waals surface area contributed by atoms with Crippen LogP contribution in [0.5, 0.6) is 0 Å². The quantitative estimate of drug-likeness (QED) is 0.459. The number of rotatable bonds is 5. The van der Waals surface area contributed by atoms with Crippen LogP contribution in [0.25, 0.3) is 11.5 Å². The van der Waals surface area contributed by atoms with E-state index in [1.54, 1.807) is 6.92 Å². The van der Waals surface area contributed by atoms with Crippen LogP contribution in [0.3, 0.4) is 0 Å². The van der Waals surface area contributed by atoms with Crippen LogP contribution < -0.4 is 0 Å². The minimum absolute atomic E-state index is 0.174. The fraction of sp³-hybridized carbons (Fsp3) is 0.360. The molecule has 3 aromatic rings. The van der Waals surface area contributed by atoms with Gasteiger partial charge in [-0.05, 0) is 63.1 Å². The van der Waals surface area contributed by atoms with Gasteiger partial charge in [-0.2, -0.15) is 13.2 Å². The van der Waals surface area contributed by atoms with Gasteiger partial charge in [0.2, 0.25) is 5.89 Å². The summed E-state index contributed by atoms with van der Waals surface area (Å²) < 4.78 is 49.4. The highest BCUT2D eigenvalue weighted by Gasteiger charge is 2.32. The molecule has 0 bridgehead atoms. The lowest BCUT2D eigenvalue weighted by molar-refractivity contribution is -0.156. The predicted molar refractivity (Wildman–Crippen MR) is 119 cm³/mol. The lowest BCUT2D eigenvalue weighted by Gasteiger charge is -2.31. The largest absolute Gasteiger partial charge is 0.452 e. The zero-order chi connectivity index (χ0) is 25.2. The summed E-state index contributed by atoms with van der Waals surface area (Å²) in [4.78, 5) is 26.8. The van der Waals surface area contributed by atoms with Gasteiger partial charge in [0.25, 0.3) is 11.8 Å². The summed E-state index contributed by atoms with van der Waals surface area (Å²) in [6, 6.07) is 11.7. The second-order valence-corrected chi connectivity index (χ2v) is 8.54. The van der Waals surface area contributed by atoms with Crippen molar-refractivity contribution in [3.8, 4) is 11.5 Å². The molecular formula is C25H24F3N3O4. The first kappa shape index (κ1) is 24.4. The molecular weight excluding hydrogens is 463 g/mol. The predicted octanol–water partition coefficient (Wildman–Crippen LogP) is 5.22. The zero-order valence-corrected chi connectivity index (χ0v) is 19.2. The summed E-state index contributed by atoms with van der Waals surface area (Å²) >= 11 is 0. The molecule has 0 saturated carbocycles. The molecule has 1 fully saturated rings. The average Bonchev–Trinajstić information content (AvgIpc) is 3.34. The number of piperidine rings is 1. The number of benzene rings is 2. The molecule has 1 aromatic heterocycles. The van der Waals surface area contributed by atoms with Gasteiger partial charge >= 0.3 is 12.1 Å². The van der Waals surface area contributed by atoms with E-state index in [2.05, 4.69) is 10.2 Å². The Morgan fingerprint density at radius 1 is 1.09 bits per heavy atom. The molecule has 2 heterocycles. The maximum Gasteiger partial charge on any atom is 0.416 e. The monoisotopic (exact) mass is 487 g/mol. The van der Waals surface area contributed by atoms with E-state index in [-0.39, 0.29) is 17.4 Å². The maximum absolute atomic E-state index is 12.7. The summed E-state index contributed by atoms with van der Waals surface area (Å²) in [6.45, 7) is 4.19. The van der Waals surface area contributed by atoms with Crippen LogP contribution in [-0.2, 0) is 15.7 Å². The molecule has 7 nitrogen and oxygen atoms in total. The number of carbonyl (C=O) groups excluding carboxylic acids is 2.